The first-order valence-electron chi connectivity index (χ1n) is 10.4. The van der Waals surface area contributed by atoms with E-state index in [2.05, 4.69) is 10.6 Å². The van der Waals surface area contributed by atoms with Gasteiger partial charge in [-0.2, -0.15) is 0 Å². The largest absolute Gasteiger partial charge is 0.386 e. The third-order valence-corrected chi connectivity index (χ3v) is 7.40. The standard InChI is InChI=1S/C24H16Cl4F3N3O2/c1-32-17-7-6-16(30)21(20(17)31)34-22(35)12-9-11(3-5-15(12)29)33-23(36)19-18(24(19,27)28)10-2-4-13(25)14(26)8-10/h2-9,18-19,32H,1H3,(H,33,36)(H,34,35)/t18-,19+/m0/s1. The number of rotatable bonds is 6. The van der Waals surface area contributed by atoms with Crippen LogP contribution in [0.1, 0.15) is 21.8 Å². The summed E-state index contributed by atoms with van der Waals surface area (Å²) < 4.78 is 41.5. The predicted molar refractivity (Wildman–Crippen MR) is 136 cm³/mol. The van der Waals surface area contributed by atoms with Crippen LogP contribution in [0.5, 0.6) is 0 Å². The van der Waals surface area contributed by atoms with Crippen molar-refractivity contribution in [1.82, 2.24) is 0 Å². The minimum absolute atomic E-state index is 0.0420. The van der Waals surface area contributed by atoms with Crippen LogP contribution in [0.2, 0.25) is 10.0 Å². The molecule has 1 fully saturated rings. The van der Waals surface area contributed by atoms with Crippen molar-refractivity contribution in [3.8, 4) is 0 Å². The summed E-state index contributed by atoms with van der Waals surface area (Å²) in [7, 11) is 1.41. The van der Waals surface area contributed by atoms with Gasteiger partial charge in [0.15, 0.2) is 5.82 Å². The molecule has 2 atom stereocenters. The highest BCUT2D eigenvalue weighted by atomic mass is 35.5. The van der Waals surface area contributed by atoms with Crippen molar-refractivity contribution in [2.24, 2.45) is 5.92 Å². The van der Waals surface area contributed by atoms with Crippen LogP contribution in [0, 0.1) is 23.4 Å². The molecule has 5 nitrogen and oxygen atoms in total. The van der Waals surface area contributed by atoms with Gasteiger partial charge in [-0.3, -0.25) is 9.59 Å². The van der Waals surface area contributed by atoms with E-state index in [1.165, 1.54) is 13.1 Å². The molecule has 2 amide bonds. The van der Waals surface area contributed by atoms with Gasteiger partial charge in [0.2, 0.25) is 5.91 Å². The van der Waals surface area contributed by atoms with Crippen LogP contribution in [0.15, 0.2) is 48.5 Å². The number of carbonyl (C=O) groups excluding carboxylic acids is 2. The number of nitrogens with one attached hydrogen (secondary N) is 3. The highest BCUT2D eigenvalue weighted by Gasteiger charge is 2.67. The molecule has 0 bridgehead atoms. The number of anilines is 3. The zero-order valence-corrected chi connectivity index (χ0v) is 21.3. The van der Waals surface area contributed by atoms with Gasteiger partial charge >= 0.3 is 0 Å². The Hall–Kier alpha value is -2.65. The van der Waals surface area contributed by atoms with E-state index in [0.717, 1.165) is 24.3 Å². The lowest BCUT2D eigenvalue weighted by atomic mass is 10.1. The fourth-order valence-corrected chi connectivity index (χ4v) is 4.95. The van der Waals surface area contributed by atoms with Crippen molar-refractivity contribution in [2.75, 3.05) is 23.0 Å². The zero-order chi connectivity index (χ0) is 26.4. The molecule has 0 spiro atoms. The lowest BCUT2D eigenvalue weighted by Crippen LogP contribution is -2.19. The minimum Gasteiger partial charge on any atom is -0.386 e. The van der Waals surface area contributed by atoms with Crippen LogP contribution in [0.3, 0.4) is 0 Å². The van der Waals surface area contributed by atoms with E-state index in [1.54, 1.807) is 18.2 Å². The topological polar surface area (TPSA) is 70.2 Å². The van der Waals surface area contributed by atoms with Gasteiger partial charge in [0.25, 0.3) is 5.91 Å². The molecule has 36 heavy (non-hydrogen) atoms. The van der Waals surface area contributed by atoms with Crippen molar-refractivity contribution < 1.29 is 22.8 Å². The van der Waals surface area contributed by atoms with Gasteiger partial charge in [-0.1, -0.05) is 29.3 Å². The minimum atomic E-state index is -1.44. The number of carbonyl (C=O) groups is 2. The first-order valence-corrected chi connectivity index (χ1v) is 11.9. The smallest absolute Gasteiger partial charge is 0.258 e. The SMILES string of the molecule is CNc1ccc(F)c(NC(=O)c2cc(NC(=O)[C@H]3[C@H](c4ccc(Cl)c(Cl)c4)C3(Cl)Cl)ccc2F)c1F. The number of amides is 2. The predicted octanol–water partition coefficient (Wildman–Crippen LogP) is 7.23. The number of benzene rings is 3. The van der Waals surface area contributed by atoms with Gasteiger partial charge in [-0.05, 0) is 48.0 Å². The third kappa shape index (κ3) is 4.95. The average molecular weight is 577 g/mol. The molecule has 0 unspecified atom stereocenters. The monoisotopic (exact) mass is 575 g/mol. The highest BCUT2D eigenvalue weighted by molar-refractivity contribution is 6.53. The van der Waals surface area contributed by atoms with Crippen LogP contribution < -0.4 is 16.0 Å². The Bertz CT molecular complexity index is 1390. The molecule has 3 aromatic rings. The van der Waals surface area contributed by atoms with Crippen molar-refractivity contribution in [1.29, 1.82) is 0 Å². The first kappa shape index (κ1) is 26.4. The van der Waals surface area contributed by atoms with Crippen molar-refractivity contribution >= 4 is 75.3 Å². The third-order valence-electron chi connectivity index (χ3n) is 5.72. The Morgan fingerprint density at radius 1 is 0.889 bits per heavy atom. The molecular weight excluding hydrogens is 561 g/mol. The van der Waals surface area contributed by atoms with Gasteiger partial charge in [0, 0.05) is 18.7 Å². The average Bonchev–Trinajstić information content (AvgIpc) is 3.41. The molecule has 1 aliphatic carbocycles. The van der Waals surface area contributed by atoms with Crippen molar-refractivity contribution in [3.05, 3.63) is 87.2 Å². The van der Waals surface area contributed by atoms with E-state index in [9.17, 15) is 22.8 Å². The molecule has 1 aliphatic rings. The number of alkyl halides is 2. The zero-order valence-electron chi connectivity index (χ0n) is 18.2. The van der Waals surface area contributed by atoms with E-state index < -0.39 is 56.7 Å². The second-order valence-electron chi connectivity index (χ2n) is 7.98. The van der Waals surface area contributed by atoms with Gasteiger partial charge < -0.3 is 16.0 Å². The van der Waals surface area contributed by atoms with Gasteiger partial charge in [0.05, 0.1) is 27.2 Å². The lowest BCUT2D eigenvalue weighted by Gasteiger charge is -2.12. The van der Waals surface area contributed by atoms with E-state index in [1.807, 2.05) is 5.32 Å². The summed E-state index contributed by atoms with van der Waals surface area (Å²) in [5, 5.41) is 7.68. The summed E-state index contributed by atoms with van der Waals surface area (Å²) in [6, 6.07) is 10.0. The van der Waals surface area contributed by atoms with Gasteiger partial charge in [-0.15, -0.1) is 23.2 Å². The first-order chi connectivity index (χ1) is 16.9. The molecule has 188 valence electrons. The van der Waals surface area contributed by atoms with Gasteiger partial charge in [-0.25, -0.2) is 13.2 Å². The summed E-state index contributed by atoms with van der Waals surface area (Å²) in [6.45, 7) is 0. The second-order valence-corrected chi connectivity index (χ2v) is 10.2. The van der Waals surface area contributed by atoms with Crippen molar-refractivity contribution in [2.45, 2.75) is 10.3 Å². The highest BCUT2D eigenvalue weighted by Crippen LogP contribution is 2.65. The Kier molecular flexibility index (Phi) is 7.35. The number of hydrogen-bond donors (Lipinski definition) is 3. The van der Waals surface area contributed by atoms with Crippen LogP contribution in [-0.2, 0) is 4.79 Å². The normalized spacial score (nSPS) is 17.9. The second kappa shape index (κ2) is 10.0. The van der Waals surface area contributed by atoms with Crippen molar-refractivity contribution in [3.63, 3.8) is 0 Å². The summed E-state index contributed by atoms with van der Waals surface area (Å²) in [5.41, 5.74) is -0.736. The maximum absolute atomic E-state index is 14.4. The molecule has 12 heteroatoms. The molecule has 3 N–H and O–H groups in total. The van der Waals surface area contributed by atoms with Gasteiger partial charge in [0.1, 0.15) is 21.7 Å². The van der Waals surface area contributed by atoms with E-state index in [-0.39, 0.29) is 16.4 Å². The summed E-state index contributed by atoms with van der Waals surface area (Å²) in [6.07, 6.45) is 0. The van der Waals surface area contributed by atoms with Crippen LogP contribution in [0.25, 0.3) is 0 Å². The Labute approximate surface area is 223 Å². The molecule has 0 heterocycles. The summed E-state index contributed by atoms with van der Waals surface area (Å²) in [5.74, 6) is -6.27. The molecule has 0 saturated heterocycles. The van der Waals surface area contributed by atoms with Crippen LogP contribution in [0.4, 0.5) is 30.2 Å². The van der Waals surface area contributed by atoms with Crippen LogP contribution >= 0.6 is 46.4 Å². The molecule has 3 aromatic carbocycles. The van der Waals surface area contributed by atoms with Crippen LogP contribution in [-0.4, -0.2) is 23.2 Å². The molecule has 0 aromatic heterocycles. The van der Waals surface area contributed by atoms with E-state index in [4.69, 9.17) is 46.4 Å². The Morgan fingerprint density at radius 3 is 2.25 bits per heavy atom. The summed E-state index contributed by atoms with van der Waals surface area (Å²) in [4.78, 5) is 25.5. The quantitative estimate of drug-likeness (QED) is 0.271. The number of halogens is 7. The molecular formula is C24H16Cl4F3N3O2. The van der Waals surface area contributed by atoms with E-state index in [0.29, 0.717) is 10.6 Å². The Morgan fingerprint density at radius 2 is 1.58 bits per heavy atom. The molecule has 0 aliphatic heterocycles. The Balaban J connectivity index is 1.53. The fourth-order valence-electron chi connectivity index (χ4n) is 3.81. The molecule has 0 radical (unpaired) electrons. The molecule has 4 rings (SSSR count). The maximum Gasteiger partial charge on any atom is 0.258 e. The lowest BCUT2D eigenvalue weighted by molar-refractivity contribution is -0.117. The number of hydrogen-bond acceptors (Lipinski definition) is 3. The fraction of sp³-hybridized carbons (Fsp3) is 0.167. The molecule has 1 saturated carbocycles. The van der Waals surface area contributed by atoms with E-state index >= 15 is 0 Å². The maximum atomic E-state index is 14.4. The summed E-state index contributed by atoms with van der Waals surface area (Å²) >= 11 is 24.7.